The van der Waals surface area contributed by atoms with Gasteiger partial charge in [-0.3, -0.25) is 0 Å². The summed E-state index contributed by atoms with van der Waals surface area (Å²) in [5.74, 6) is 2.61. The second-order valence-corrected chi connectivity index (χ2v) is 7.36. The largest absolute Gasteiger partial charge is 0.495 e. The number of rotatable bonds is 9. The summed E-state index contributed by atoms with van der Waals surface area (Å²) in [5.41, 5.74) is 2.36. The van der Waals surface area contributed by atoms with E-state index in [0.29, 0.717) is 23.9 Å². The lowest BCUT2D eigenvalue weighted by atomic mass is 10.1. The van der Waals surface area contributed by atoms with Gasteiger partial charge < -0.3 is 19.7 Å². The fraction of sp³-hybridized carbons (Fsp3) is 0.550. The lowest BCUT2D eigenvalue weighted by Crippen LogP contribution is -2.17. The van der Waals surface area contributed by atoms with Crippen molar-refractivity contribution < 1.29 is 9.47 Å². The SMILES string of the molecule is CCc1nc(OC(CC)CC)c(NC)nc1-c1cnc(N(C)C)c(Br)c1OC. The van der Waals surface area contributed by atoms with E-state index < -0.39 is 0 Å². The van der Waals surface area contributed by atoms with Gasteiger partial charge in [-0.1, -0.05) is 20.8 Å². The maximum atomic E-state index is 6.10. The first kappa shape index (κ1) is 22.2. The minimum absolute atomic E-state index is 0.113. The summed E-state index contributed by atoms with van der Waals surface area (Å²) in [7, 11) is 7.34. The molecule has 0 radical (unpaired) electrons. The van der Waals surface area contributed by atoms with Crippen LogP contribution in [0.2, 0.25) is 0 Å². The Morgan fingerprint density at radius 1 is 1.18 bits per heavy atom. The minimum atomic E-state index is 0.113. The van der Waals surface area contributed by atoms with E-state index in [2.05, 4.69) is 47.0 Å². The van der Waals surface area contributed by atoms with Gasteiger partial charge in [0.25, 0.3) is 5.88 Å². The molecule has 8 heteroatoms. The van der Waals surface area contributed by atoms with Gasteiger partial charge in [-0.25, -0.2) is 15.0 Å². The normalized spacial score (nSPS) is 10.9. The van der Waals surface area contributed by atoms with Gasteiger partial charge in [-0.05, 0) is 35.2 Å². The van der Waals surface area contributed by atoms with E-state index in [1.54, 1.807) is 13.3 Å². The fourth-order valence-corrected chi connectivity index (χ4v) is 3.75. The van der Waals surface area contributed by atoms with Crippen molar-refractivity contribution in [3.63, 3.8) is 0 Å². The molecule has 0 saturated heterocycles. The summed E-state index contributed by atoms with van der Waals surface area (Å²) in [5, 5.41) is 3.11. The van der Waals surface area contributed by atoms with Crippen molar-refractivity contribution in [1.82, 2.24) is 15.0 Å². The standard InChI is InChI=1S/C20H30BrN5O2/c1-8-12(9-2)28-20-18(22-4)25-16(14(10-3)24-20)13-11-23-19(26(5)6)15(21)17(13)27-7/h11-12H,8-10H2,1-7H3,(H,22,25). The fourth-order valence-electron chi connectivity index (χ4n) is 2.91. The molecule has 0 spiro atoms. The summed E-state index contributed by atoms with van der Waals surface area (Å²) in [6.07, 6.45) is 4.44. The average molecular weight is 452 g/mol. The van der Waals surface area contributed by atoms with Gasteiger partial charge in [-0.15, -0.1) is 0 Å². The number of nitrogens with one attached hydrogen (secondary N) is 1. The third-order valence-electron chi connectivity index (χ3n) is 4.54. The number of anilines is 2. The molecule has 2 aromatic heterocycles. The number of hydrogen-bond donors (Lipinski definition) is 1. The van der Waals surface area contributed by atoms with Crippen LogP contribution in [0.3, 0.4) is 0 Å². The second-order valence-electron chi connectivity index (χ2n) is 6.57. The number of aryl methyl sites for hydroxylation is 1. The van der Waals surface area contributed by atoms with E-state index >= 15 is 0 Å². The van der Waals surface area contributed by atoms with Crippen molar-refractivity contribution in [1.29, 1.82) is 0 Å². The van der Waals surface area contributed by atoms with E-state index in [9.17, 15) is 0 Å². The molecule has 0 unspecified atom stereocenters. The highest BCUT2D eigenvalue weighted by molar-refractivity contribution is 9.10. The topological polar surface area (TPSA) is 72.4 Å². The number of nitrogens with zero attached hydrogens (tertiary/aromatic N) is 4. The van der Waals surface area contributed by atoms with Crippen molar-refractivity contribution in [2.24, 2.45) is 0 Å². The molecule has 0 aliphatic rings. The maximum Gasteiger partial charge on any atom is 0.257 e. The van der Waals surface area contributed by atoms with E-state index in [-0.39, 0.29) is 6.10 Å². The smallest absolute Gasteiger partial charge is 0.257 e. The molecular formula is C20H30BrN5O2. The van der Waals surface area contributed by atoms with Crippen molar-refractivity contribution >= 4 is 27.6 Å². The Hall–Kier alpha value is -2.09. The summed E-state index contributed by atoms with van der Waals surface area (Å²) in [4.78, 5) is 16.1. The zero-order chi connectivity index (χ0) is 20.8. The maximum absolute atomic E-state index is 6.10. The van der Waals surface area contributed by atoms with Gasteiger partial charge in [0.2, 0.25) is 0 Å². The van der Waals surface area contributed by atoms with Gasteiger partial charge in [0.15, 0.2) is 5.82 Å². The zero-order valence-corrected chi connectivity index (χ0v) is 19.3. The Balaban J connectivity index is 2.64. The summed E-state index contributed by atoms with van der Waals surface area (Å²) >= 11 is 3.62. The minimum Gasteiger partial charge on any atom is -0.495 e. The highest BCUT2D eigenvalue weighted by atomic mass is 79.9. The van der Waals surface area contributed by atoms with Gasteiger partial charge >= 0.3 is 0 Å². The number of halogens is 1. The number of pyridine rings is 1. The van der Waals surface area contributed by atoms with E-state index in [4.69, 9.17) is 19.4 Å². The van der Waals surface area contributed by atoms with Crippen LogP contribution < -0.4 is 19.7 Å². The lowest BCUT2D eigenvalue weighted by Gasteiger charge is -2.21. The highest BCUT2D eigenvalue weighted by Gasteiger charge is 2.22. The van der Waals surface area contributed by atoms with Gasteiger partial charge in [0.05, 0.1) is 24.1 Å². The van der Waals surface area contributed by atoms with Crippen LogP contribution in [0.4, 0.5) is 11.6 Å². The summed E-state index contributed by atoms with van der Waals surface area (Å²) in [6.45, 7) is 6.27. The molecule has 0 aliphatic heterocycles. The molecular weight excluding hydrogens is 422 g/mol. The molecule has 0 aliphatic carbocycles. The molecule has 0 aromatic carbocycles. The molecule has 2 aromatic rings. The third kappa shape index (κ3) is 4.48. The van der Waals surface area contributed by atoms with Gasteiger partial charge in [0.1, 0.15) is 22.1 Å². The van der Waals surface area contributed by atoms with E-state index in [1.807, 2.05) is 26.0 Å². The summed E-state index contributed by atoms with van der Waals surface area (Å²) in [6, 6.07) is 0. The molecule has 0 fully saturated rings. The molecule has 0 atom stereocenters. The zero-order valence-electron chi connectivity index (χ0n) is 17.8. The van der Waals surface area contributed by atoms with E-state index in [0.717, 1.165) is 40.1 Å². The predicted molar refractivity (Wildman–Crippen MR) is 118 cm³/mol. The quantitative estimate of drug-likeness (QED) is 0.599. The monoisotopic (exact) mass is 451 g/mol. The Bertz CT molecular complexity index is 810. The van der Waals surface area contributed by atoms with Gasteiger partial charge in [-0.2, -0.15) is 0 Å². The molecule has 2 rings (SSSR count). The molecule has 28 heavy (non-hydrogen) atoms. The lowest BCUT2D eigenvalue weighted by molar-refractivity contribution is 0.185. The van der Waals surface area contributed by atoms with Gasteiger partial charge in [0, 0.05) is 27.3 Å². The summed E-state index contributed by atoms with van der Waals surface area (Å²) < 4.78 is 12.6. The number of ether oxygens (including phenoxy) is 2. The number of methoxy groups -OCH3 is 1. The molecule has 154 valence electrons. The van der Waals surface area contributed by atoms with Crippen LogP contribution in [0.25, 0.3) is 11.3 Å². The Morgan fingerprint density at radius 3 is 2.36 bits per heavy atom. The first-order chi connectivity index (χ1) is 13.4. The molecule has 2 heterocycles. The Kier molecular flexibility index (Phi) is 7.86. The van der Waals surface area contributed by atoms with Crippen LogP contribution in [0.5, 0.6) is 11.6 Å². The van der Waals surface area contributed by atoms with Crippen LogP contribution in [0, 0.1) is 0 Å². The number of aromatic nitrogens is 3. The van der Waals surface area contributed by atoms with Crippen molar-refractivity contribution in [3.05, 3.63) is 16.4 Å². The third-order valence-corrected chi connectivity index (χ3v) is 5.25. The second kappa shape index (κ2) is 9.91. The van der Waals surface area contributed by atoms with Crippen LogP contribution in [-0.4, -0.2) is 49.3 Å². The first-order valence-corrected chi connectivity index (χ1v) is 10.4. The van der Waals surface area contributed by atoms with Crippen molar-refractivity contribution in [2.75, 3.05) is 38.5 Å². The van der Waals surface area contributed by atoms with Crippen molar-refractivity contribution in [2.45, 2.75) is 46.1 Å². The van der Waals surface area contributed by atoms with Crippen LogP contribution in [0.1, 0.15) is 39.3 Å². The van der Waals surface area contributed by atoms with Crippen LogP contribution in [0.15, 0.2) is 10.7 Å². The Morgan fingerprint density at radius 2 is 1.86 bits per heavy atom. The molecule has 1 N–H and O–H groups in total. The molecule has 7 nitrogen and oxygen atoms in total. The Labute approximate surface area is 176 Å². The number of hydrogen-bond acceptors (Lipinski definition) is 7. The predicted octanol–water partition coefficient (Wildman–Crippen LogP) is 4.55. The first-order valence-electron chi connectivity index (χ1n) is 9.57. The highest BCUT2D eigenvalue weighted by Crippen LogP contribution is 2.41. The van der Waals surface area contributed by atoms with Crippen LogP contribution >= 0.6 is 15.9 Å². The molecule has 0 amide bonds. The molecule has 0 bridgehead atoms. The van der Waals surface area contributed by atoms with Crippen molar-refractivity contribution in [3.8, 4) is 22.9 Å². The van der Waals surface area contributed by atoms with Crippen LogP contribution in [-0.2, 0) is 6.42 Å². The van der Waals surface area contributed by atoms with E-state index in [1.165, 1.54) is 0 Å². The average Bonchev–Trinajstić information content (AvgIpc) is 2.70. The molecule has 0 saturated carbocycles.